The van der Waals surface area contributed by atoms with Crippen LogP contribution in [0.25, 0.3) is 0 Å². The molecule has 0 bridgehead atoms. The Kier molecular flexibility index (Phi) is 4.62. The van der Waals surface area contributed by atoms with E-state index in [1.54, 1.807) is 0 Å². The van der Waals surface area contributed by atoms with E-state index in [0.29, 0.717) is 0 Å². The molecule has 0 radical (unpaired) electrons. The molecule has 0 aliphatic carbocycles. The first-order chi connectivity index (χ1) is 7.79. The number of rotatable bonds is 4. The lowest BCUT2D eigenvalue weighted by Crippen LogP contribution is -2.47. The molecule has 3 unspecified atom stereocenters. The molecule has 2 aliphatic rings. The predicted molar refractivity (Wildman–Crippen MR) is 66.6 cm³/mol. The largest absolute Gasteiger partial charge is 0.381 e. The summed E-state index contributed by atoms with van der Waals surface area (Å²) in [4.78, 5) is 2.64. The molecule has 0 amide bonds. The van der Waals surface area contributed by atoms with E-state index in [2.05, 4.69) is 24.2 Å². The Morgan fingerprint density at radius 1 is 1.38 bits per heavy atom. The van der Waals surface area contributed by atoms with E-state index in [9.17, 15) is 0 Å². The summed E-state index contributed by atoms with van der Waals surface area (Å²) in [7, 11) is 2.09. The van der Waals surface area contributed by atoms with Crippen LogP contribution in [0, 0.1) is 11.8 Å². The molecule has 94 valence electrons. The van der Waals surface area contributed by atoms with Crippen molar-refractivity contribution in [2.24, 2.45) is 11.8 Å². The SMILES string of the molecule is CNC1CCN(CCC2CCOC2)CC1C. The Morgan fingerprint density at radius 2 is 2.25 bits per heavy atom. The lowest BCUT2D eigenvalue weighted by molar-refractivity contribution is 0.138. The van der Waals surface area contributed by atoms with Gasteiger partial charge in [-0.3, -0.25) is 0 Å². The number of hydrogen-bond donors (Lipinski definition) is 1. The van der Waals surface area contributed by atoms with E-state index < -0.39 is 0 Å². The van der Waals surface area contributed by atoms with Crippen LogP contribution in [0.4, 0.5) is 0 Å². The van der Waals surface area contributed by atoms with Crippen LogP contribution in [0.15, 0.2) is 0 Å². The molecule has 0 aromatic rings. The van der Waals surface area contributed by atoms with Crippen LogP contribution < -0.4 is 5.32 Å². The number of nitrogens with one attached hydrogen (secondary N) is 1. The van der Waals surface area contributed by atoms with Crippen molar-refractivity contribution >= 4 is 0 Å². The highest BCUT2D eigenvalue weighted by molar-refractivity contribution is 4.82. The summed E-state index contributed by atoms with van der Waals surface area (Å²) < 4.78 is 5.42. The molecular weight excluding hydrogens is 200 g/mol. The van der Waals surface area contributed by atoms with Crippen LogP contribution >= 0.6 is 0 Å². The van der Waals surface area contributed by atoms with Gasteiger partial charge in [0.2, 0.25) is 0 Å². The van der Waals surface area contributed by atoms with Gasteiger partial charge < -0.3 is 15.0 Å². The maximum atomic E-state index is 5.42. The fourth-order valence-electron chi connectivity index (χ4n) is 3.04. The molecule has 16 heavy (non-hydrogen) atoms. The van der Waals surface area contributed by atoms with Gasteiger partial charge in [-0.15, -0.1) is 0 Å². The Balaban J connectivity index is 1.67. The minimum atomic E-state index is 0.728. The van der Waals surface area contributed by atoms with Crippen molar-refractivity contribution in [3.8, 4) is 0 Å². The van der Waals surface area contributed by atoms with Gasteiger partial charge in [0, 0.05) is 25.8 Å². The molecule has 2 aliphatic heterocycles. The quantitative estimate of drug-likeness (QED) is 0.783. The number of likely N-dealkylation sites (tertiary alicyclic amines) is 1. The highest BCUT2D eigenvalue weighted by Gasteiger charge is 2.25. The first-order valence-electron chi connectivity index (χ1n) is 6.77. The molecule has 1 N–H and O–H groups in total. The summed E-state index contributed by atoms with van der Waals surface area (Å²) in [5.74, 6) is 1.62. The van der Waals surface area contributed by atoms with Gasteiger partial charge in [0.05, 0.1) is 0 Å². The van der Waals surface area contributed by atoms with Crippen molar-refractivity contribution in [1.29, 1.82) is 0 Å². The van der Waals surface area contributed by atoms with E-state index in [4.69, 9.17) is 4.74 Å². The molecule has 2 rings (SSSR count). The van der Waals surface area contributed by atoms with E-state index >= 15 is 0 Å². The van der Waals surface area contributed by atoms with E-state index in [1.165, 1.54) is 38.9 Å². The Bertz CT molecular complexity index is 204. The van der Waals surface area contributed by atoms with Crippen molar-refractivity contribution in [1.82, 2.24) is 10.2 Å². The van der Waals surface area contributed by atoms with Crippen molar-refractivity contribution in [2.45, 2.75) is 32.2 Å². The summed E-state index contributed by atoms with van der Waals surface area (Å²) in [5, 5.41) is 3.42. The van der Waals surface area contributed by atoms with Crippen molar-refractivity contribution in [2.75, 3.05) is 39.9 Å². The zero-order chi connectivity index (χ0) is 11.4. The van der Waals surface area contributed by atoms with Gasteiger partial charge >= 0.3 is 0 Å². The minimum absolute atomic E-state index is 0.728. The molecule has 3 heteroatoms. The average Bonchev–Trinajstić information content (AvgIpc) is 2.79. The molecule has 0 spiro atoms. The first kappa shape index (κ1) is 12.3. The van der Waals surface area contributed by atoms with Crippen molar-refractivity contribution in [3.05, 3.63) is 0 Å². The van der Waals surface area contributed by atoms with Crippen molar-refractivity contribution < 1.29 is 4.74 Å². The number of hydrogen-bond acceptors (Lipinski definition) is 3. The van der Waals surface area contributed by atoms with Gasteiger partial charge in [-0.05, 0) is 51.2 Å². The zero-order valence-electron chi connectivity index (χ0n) is 10.7. The minimum Gasteiger partial charge on any atom is -0.381 e. The van der Waals surface area contributed by atoms with Crippen LogP contribution in [0.5, 0.6) is 0 Å². The predicted octanol–water partition coefficient (Wildman–Crippen LogP) is 1.34. The smallest absolute Gasteiger partial charge is 0.0495 e. The third kappa shape index (κ3) is 3.19. The monoisotopic (exact) mass is 226 g/mol. The van der Waals surface area contributed by atoms with Gasteiger partial charge in [-0.1, -0.05) is 6.92 Å². The Hall–Kier alpha value is -0.120. The lowest BCUT2D eigenvalue weighted by atomic mass is 9.93. The molecule has 2 fully saturated rings. The van der Waals surface area contributed by atoms with Crippen LogP contribution in [-0.4, -0.2) is 50.8 Å². The van der Waals surface area contributed by atoms with Gasteiger partial charge in [0.25, 0.3) is 0 Å². The molecular formula is C13H26N2O. The second-order valence-corrected chi connectivity index (χ2v) is 5.48. The van der Waals surface area contributed by atoms with Gasteiger partial charge in [-0.2, -0.15) is 0 Å². The summed E-state index contributed by atoms with van der Waals surface area (Å²) >= 11 is 0. The number of ether oxygens (including phenoxy) is 1. The van der Waals surface area contributed by atoms with Crippen LogP contribution in [-0.2, 0) is 4.74 Å². The topological polar surface area (TPSA) is 24.5 Å². The van der Waals surface area contributed by atoms with E-state index in [0.717, 1.165) is 31.1 Å². The lowest BCUT2D eigenvalue weighted by Gasteiger charge is -2.37. The highest BCUT2D eigenvalue weighted by atomic mass is 16.5. The second-order valence-electron chi connectivity index (χ2n) is 5.48. The van der Waals surface area contributed by atoms with E-state index in [-0.39, 0.29) is 0 Å². The number of piperidine rings is 1. The fraction of sp³-hybridized carbons (Fsp3) is 1.00. The summed E-state index contributed by atoms with van der Waals surface area (Å²) in [6.07, 6.45) is 3.91. The first-order valence-corrected chi connectivity index (χ1v) is 6.77. The standard InChI is InChI=1S/C13H26N2O/c1-11-9-15(7-4-13(11)14-2)6-3-12-5-8-16-10-12/h11-14H,3-10H2,1-2H3. The van der Waals surface area contributed by atoms with Gasteiger partial charge in [0.15, 0.2) is 0 Å². The van der Waals surface area contributed by atoms with Gasteiger partial charge in [-0.25, -0.2) is 0 Å². The van der Waals surface area contributed by atoms with Crippen molar-refractivity contribution in [3.63, 3.8) is 0 Å². The van der Waals surface area contributed by atoms with Crippen LogP contribution in [0.1, 0.15) is 26.2 Å². The average molecular weight is 226 g/mol. The maximum absolute atomic E-state index is 5.42. The summed E-state index contributed by atoms with van der Waals surface area (Å²) in [5.41, 5.74) is 0. The highest BCUT2D eigenvalue weighted by Crippen LogP contribution is 2.20. The normalized spacial score (nSPS) is 36.8. The Morgan fingerprint density at radius 3 is 2.88 bits per heavy atom. The molecule has 3 nitrogen and oxygen atoms in total. The van der Waals surface area contributed by atoms with E-state index in [1.807, 2.05) is 0 Å². The molecule has 0 saturated carbocycles. The van der Waals surface area contributed by atoms with Crippen LogP contribution in [0.2, 0.25) is 0 Å². The molecule has 2 heterocycles. The fourth-order valence-corrected chi connectivity index (χ4v) is 3.04. The molecule has 0 aromatic carbocycles. The van der Waals surface area contributed by atoms with Gasteiger partial charge in [0.1, 0.15) is 0 Å². The second kappa shape index (κ2) is 5.99. The maximum Gasteiger partial charge on any atom is 0.0495 e. The molecule has 3 atom stereocenters. The summed E-state index contributed by atoms with van der Waals surface area (Å²) in [6.45, 7) is 8.16. The molecule has 2 saturated heterocycles. The Labute approximate surface area is 99.5 Å². The number of nitrogens with zero attached hydrogens (tertiary/aromatic N) is 1. The third-order valence-corrected chi connectivity index (χ3v) is 4.24. The molecule has 0 aromatic heterocycles. The zero-order valence-corrected chi connectivity index (χ0v) is 10.7. The summed E-state index contributed by atoms with van der Waals surface area (Å²) in [6, 6.07) is 0.728. The third-order valence-electron chi connectivity index (χ3n) is 4.24. The van der Waals surface area contributed by atoms with Crippen LogP contribution in [0.3, 0.4) is 0 Å².